The minimum absolute atomic E-state index is 0.103. The van der Waals surface area contributed by atoms with E-state index in [1.165, 1.54) is 13.5 Å². The summed E-state index contributed by atoms with van der Waals surface area (Å²) in [6.45, 7) is 0.996. The summed E-state index contributed by atoms with van der Waals surface area (Å²) < 4.78 is 4.73. The van der Waals surface area contributed by atoms with Gasteiger partial charge in [0.2, 0.25) is 0 Å². The molecular weight excluding hydrogens is 190 g/mol. The molecule has 3 atom stereocenters. The lowest BCUT2D eigenvalue weighted by atomic mass is 9.73. The van der Waals surface area contributed by atoms with Crippen LogP contribution in [0.3, 0.4) is 0 Å². The zero-order valence-electron chi connectivity index (χ0n) is 7.68. The van der Waals surface area contributed by atoms with Crippen LogP contribution in [0.5, 0.6) is 0 Å². The molecule has 3 nitrogen and oxygen atoms in total. The van der Waals surface area contributed by atoms with E-state index in [9.17, 15) is 4.79 Å². The lowest BCUT2D eigenvalue weighted by Gasteiger charge is -2.46. The number of methoxy groups -OCH3 is 1. The molecule has 4 heteroatoms. The van der Waals surface area contributed by atoms with E-state index in [0.717, 1.165) is 19.4 Å². The Hall–Kier alpha value is -0.280. The predicted octanol–water partition coefficient (Wildman–Crippen LogP) is 0.909. The highest BCUT2D eigenvalue weighted by atomic mass is 35.5. The largest absolute Gasteiger partial charge is 0.468 e. The van der Waals surface area contributed by atoms with Crippen molar-refractivity contribution in [3.05, 3.63) is 0 Å². The van der Waals surface area contributed by atoms with Gasteiger partial charge in [0, 0.05) is 6.04 Å². The fourth-order valence-corrected chi connectivity index (χ4v) is 2.92. The van der Waals surface area contributed by atoms with Crippen LogP contribution in [-0.4, -0.2) is 30.5 Å². The summed E-state index contributed by atoms with van der Waals surface area (Å²) in [7, 11) is 1.40. The first-order valence-corrected chi connectivity index (χ1v) is 5.05. The molecule has 2 saturated heterocycles. The SMILES string of the molecule is COC(=O)C1(Cl)CC2CCC1NC2. The Morgan fingerprint density at radius 1 is 1.62 bits per heavy atom. The molecule has 0 spiro atoms. The molecule has 3 aliphatic rings. The van der Waals surface area contributed by atoms with E-state index >= 15 is 0 Å². The number of carbonyl (C=O) groups excluding carboxylic acids is 1. The van der Waals surface area contributed by atoms with Crippen LogP contribution in [0.2, 0.25) is 0 Å². The van der Waals surface area contributed by atoms with Crippen LogP contribution < -0.4 is 5.32 Å². The fourth-order valence-electron chi connectivity index (χ4n) is 2.44. The van der Waals surface area contributed by atoms with Crippen molar-refractivity contribution in [1.82, 2.24) is 5.32 Å². The van der Waals surface area contributed by atoms with Gasteiger partial charge in [0.05, 0.1) is 7.11 Å². The fraction of sp³-hybridized carbons (Fsp3) is 0.889. The van der Waals surface area contributed by atoms with Crippen molar-refractivity contribution in [2.45, 2.75) is 30.2 Å². The van der Waals surface area contributed by atoms with Gasteiger partial charge in [-0.05, 0) is 31.7 Å². The number of nitrogens with one attached hydrogen (secondary N) is 1. The number of piperidine rings is 2. The number of fused-ring (bicyclic) bond motifs is 3. The molecule has 0 radical (unpaired) electrons. The van der Waals surface area contributed by atoms with Gasteiger partial charge in [-0.2, -0.15) is 0 Å². The first-order valence-electron chi connectivity index (χ1n) is 4.67. The summed E-state index contributed by atoms with van der Waals surface area (Å²) in [5.74, 6) is 0.262. The summed E-state index contributed by atoms with van der Waals surface area (Å²) in [6, 6.07) is 0.103. The second kappa shape index (κ2) is 3.14. The van der Waals surface area contributed by atoms with E-state index in [4.69, 9.17) is 16.3 Å². The maximum absolute atomic E-state index is 11.5. The molecule has 1 N–H and O–H groups in total. The third kappa shape index (κ3) is 1.34. The second-order valence-electron chi connectivity index (χ2n) is 3.96. The summed E-state index contributed by atoms with van der Waals surface area (Å²) >= 11 is 6.29. The Kier molecular flexibility index (Phi) is 2.24. The molecular formula is C9H14ClNO2. The van der Waals surface area contributed by atoms with Gasteiger partial charge >= 0.3 is 5.97 Å². The van der Waals surface area contributed by atoms with Gasteiger partial charge in [0.15, 0.2) is 4.87 Å². The molecule has 2 bridgehead atoms. The minimum Gasteiger partial charge on any atom is -0.468 e. The quantitative estimate of drug-likeness (QED) is 0.509. The molecule has 0 aromatic carbocycles. The number of rotatable bonds is 1. The Bertz CT molecular complexity index is 226. The van der Waals surface area contributed by atoms with Crippen LogP contribution >= 0.6 is 11.6 Å². The van der Waals surface area contributed by atoms with E-state index in [-0.39, 0.29) is 12.0 Å². The summed E-state index contributed by atoms with van der Waals surface area (Å²) in [5.41, 5.74) is 0. The van der Waals surface area contributed by atoms with Crippen molar-refractivity contribution in [2.75, 3.05) is 13.7 Å². The Morgan fingerprint density at radius 2 is 2.38 bits per heavy atom. The monoisotopic (exact) mass is 203 g/mol. The third-order valence-corrected chi connectivity index (χ3v) is 3.75. The van der Waals surface area contributed by atoms with Gasteiger partial charge in [-0.15, -0.1) is 11.6 Å². The molecule has 3 fully saturated rings. The molecule has 0 aromatic heterocycles. The first kappa shape index (κ1) is 9.28. The number of alkyl halides is 1. The molecule has 3 unspecified atom stereocenters. The van der Waals surface area contributed by atoms with Gasteiger partial charge in [-0.1, -0.05) is 0 Å². The summed E-state index contributed by atoms with van der Waals surface area (Å²) in [4.78, 5) is 10.7. The first-order chi connectivity index (χ1) is 6.16. The Balaban J connectivity index is 2.18. The molecule has 13 heavy (non-hydrogen) atoms. The number of hydrogen-bond acceptors (Lipinski definition) is 3. The lowest BCUT2D eigenvalue weighted by Crippen LogP contribution is -2.62. The van der Waals surface area contributed by atoms with Crippen LogP contribution in [0, 0.1) is 5.92 Å². The number of hydrogen-bond donors (Lipinski definition) is 1. The number of halogens is 1. The van der Waals surface area contributed by atoms with Crippen molar-refractivity contribution < 1.29 is 9.53 Å². The summed E-state index contributed by atoms with van der Waals surface area (Å²) in [5, 5.41) is 3.29. The van der Waals surface area contributed by atoms with Crippen LogP contribution in [0.25, 0.3) is 0 Å². The van der Waals surface area contributed by atoms with E-state index in [1.54, 1.807) is 0 Å². The topological polar surface area (TPSA) is 38.3 Å². The molecule has 0 amide bonds. The molecule has 1 aliphatic carbocycles. The minimum atomic E-state index is -0.796. The van der Waals surface area contributed by atoms with E-state index in [1.807, 2.05) is 0 Å². The predicted molar refractivity (Wildman–Crippen MR) is 49.7 cm³/mol. The van der Waals surface area contributed by atoms with Crippen molar-refractivity contribution in [3.8, 4) is 0 Å². The van der Waals surface area contributed by atoms with Crippen LogP contribution in [-0.2, 0) is 9.53 Å². The average Bonchev–Trinajstić information content (AvgIpc) is 2.18. The van der Waals surface area contributed by atoms with Gasteiger partial charge in [-0.25, -0.2) is 0 Å². The smallest absolute Gasteiger partial charge is 0.328 e. The van der Waals surface area contributed by atoms with Gasteiger partial charge in [0.1, 0.15) is 0 Å². The van der Waals surface area contributed by atoms with Gasteiger partial charge in [0.25, 0.3) is 0 Å². The van der Waals surface area contributed by atoms with Crippen molar-refractivity contribution in [3.63, 3.8) is 0 Å². The highest BCUT2D eigenvalue weighted by Crippen LogP contribution is 2.41. The molecule has 3 rings (SSSR count). The van der Waals surface area contributed by atoms with Crippen molar-refractivity contribution >= 4 is 17.6 Å². The Labute approximate surface area is 82.8 Å². The molecule has 0 aromatic rings. The molecule has 74 valence electrons. The summed E-state index contributed by atoms with van der Waals surface area (Å²) in [6.07, 6.45) is 2.94. The molecule has 2 heterocycles. The lowest BCUT2D eigenvalue weighted by molar-refractivity contribution is -0.147. The van der Waals surface area contributed by atoms with E-state index in [2.05, 4.69) is 5.32 Å². The van der Waals surface area contributed by atoms with Crippen molar-refractivity contribution in [1.29, 1.82) is 0 Å². The van der Waals surface area contributed by atoms with E-state index in [0.29, 0.717) is 5.92 Å². The number of esters is 1. The van der Waals surface area contributed by atoms with Crippen molar-refractivity contribution in [2.24, 2.45) is 5.92 Å². The maximum atomic E-state index is 11.5. The number of carbonyl (C=O) groups is 1. The average molecular weight is 204 g/mol. The second-order valence-corrected chi connectivity index (χ2v) is 4.64. The van der Waals surface area contributed by atoms with Crippen LogP contribution in [0.4, 0.5) is 0 Å². The maximum Gasteiger partial charge on any atom is 0.328 e. The zero-order chi connectivity index (χ0) is 9.47. The standard InChI is InChI=1S/C9H14ClNO2/c1-13-8(12)9(10)4-6-2-3-7(9)11-5-6/h6-7,11H,2-5H2,1H3. The van der Waals surface area contributed by atoms with Gasteiger partial charge < -0.3 is 10.1 Å². The highest BCUT2D eigenvalue weighted by Gasteiger charge is 2.52. The van der Waals surface area contributed by atoms with E-state index < -0.39 is 4.87 Å². The number of ether oxygens (including phenoxy) is 1. The Morgan fingerprint density at radius 3 is 2.77 bits per heavy atom. The van der Waals surface area contributed by atoms with Crippen LogP contribution in [0.15, 0.2) is 0 Å². The van der Waals surface area contributed by atoms with Crippen LogP contribution in [0.1, 0.15) is 19.3 Å². The third-order valence-electron chi connectivity index (χ3n) is 3.18. The van der Waals surface area contributed by atoms with Gasteiger partial charge in [-0.3, -0.25) is 4.79 Å². The molecule has 2 aliphatic heterocycles. The molecule has 1 saturated carbocycles. The zero-order valence-corrected chi connectivity index (χ0v) is 8.43. The highest BCUT2D eigenvalue weighted by molar-refractivity contribution is 6.34. The normalized spacial score (nSPS) is 43.2.